The Hall–Kier alpha value is -2.27. The molecule has 2 aromatic rings. The zero-order valence-corrected chi connectivity index (χ0v) is 13.3. The molecule has 1 aliphatic rings. The number of nitrogens with zero attached hydrogens (tertiary/aromatic N) is 1. The van der Waals surface area contributed by atoms with Crippen LogP contribution in [0.5, 0.6) is 11.5 Å². The first-order valence-electron chi connectivity index (χ1n) is 6.86. The summed E-state index contributed by atoms with van der Waals surface area (Å²) in [6.45, 7) is 1.14. The van der Waals surface area contributed by atoms with Crippen molar-refractivity contribution < 1.29 is 10.2 Å². The number of phenolic OH excluding ortho intramolecular Hbond substituents is 2. The summed E-state index contributed by atoms with van der Waals surface area (Å²) < 4.78 is 1.03. The number of halogens is 1. The van der Waals surface area contributed by atoms with Gasteiger partial charge in [-0.2, -0.15) is 0 Å². The molecule has 0 aromatic heterocycles. The second kappa shape index (κ2) is 6.23. The van der Waals surface area contributed by atoms with Crippen molar-refractivity contribution in [2.24, 2.45) is 4.99 Å². The smallest absolute Gasteiger partial charge is 0.119 e. The van der Waals surface area contributed by atoms with Crippen molar-refractivity contribution in [2.75, 3.05) is 6.54 Å². The van der Waals surface area contributed by atoms with Crippen LogP contribution in [0, 0.1) is 0 Å². The van der Waals surface area contributed by atoms with Crippen LogP contribution in [0.4, 0.5) is 0 Å². The lowest BCUT2D eigenvalue weighted by Gasteiger charge is -2.14. The summed E-state index contributed by atoms with van der Waals surface area (Å²) in [5.74, 6) is 0.113. The molecule has 0 amide bonds. The molecule has 0 radical (unpaired) electrons. The van der Waals surface area contributed by atoms with E-state index in [-0.39, 0.29) is 11.5 Å². The van der Waals surface area contributed by atoms with Crippen LogP contribution in [-0.2, 0) is 6.54 Å². The monoisotopic (exact) mass is 358 g/mol. The first-order chi connectivity index (χ1) is 10.6. The molecule has 0 saturated heterocycles. The van der Waals surface area contributed by atoms with Crippen LogP contribution in [-0.4, -0.2) is 23.0 Å². The molecule has 3 rings (SSSR count). The SMILES string of the molecule is Oc1cc(O)cc(CN/C=C2\CN=Cc3ccc(Br)cc32)c1. The predicted molar refractivity (Wildman–Crippen MR) is 91.2 cm³/mol. The lowest BCUT2D eigenvalue weighted by atomic mass is 9.99. The summed E-state index contributed by atoms with van der Waals surface area (Å²) >= 11 is 3.49. The Morgan fingerprint density at radius 2 is 1.91 bits per heavy atom. The summed E-state index contributed by atoms with van der Waals surface area (Å²) in [7, 11) is 0. The molecule has 1 aliphatic heterocycles. The Labute approximate surface area is 137 Å². The van der Waals surface area contributed by atoms with Crippen molar-refractivity contribution in [2.45, 2.75) is 6.54 Å². The number of aromatic hydroxyl groups is 2. The third-order valence-corrected chi connectivity index (χ3v) is 3.89. The van der Waals surface area contributed by atoms with Gasteiger partial charge in [0.1, 0.15) is 11.5 Å². The number of hydrogen-bond donors (Lipinski definition) is 3. The maximum absolute atomic E-state index is 9.48. The number of benzene rings is 2. The van der Waals surface area contributed by atoms with E-state index in [1.807, 2.05) is 24.5 Å². The summed E-state index contributed by atoms with van der Waals surface area (Å²) in [6, 6.07) is 10.7. The highest BCUT2D eigenvalue weighted by Crippen LogP contribution is 2.25. The Bertz CT molecular complexity index is 749. The van der Waals surface area contributed by atoms with Crippen molar-refractivity contribution in [3.63, 3.8) is 0 Å². The highest BCUT2D eigenvalue weighted by molar-refractivity contribution is 9.10. The van der Waals surface area contributed by atoms with Crippen LogP contribution < -0.4 is 5.32 Å². The van der Waals surface area contributed by atoms with Crippen LogP contribution in [0.1, 0.15) is 16.7 Å². The Kier molecular flexibility index (Phi) is 4.15. The Balaban J connectivity index is 1.77. The van der Waals surface area contributed by atoms with Gasteiger partial charge in [0.25, 0.3) is 0 Å². The van der Waals surface area contributed by atoms with Gasteiger partial charge < -0.3 is 15.5 Å². The van der Waals surface area contributed by atoms with Crippen molar-refractivity contribution in [3.05, 3.63) is 63.8 Å². The molecule has 0 unspecified atom stereocenters. The molecule has 0 fully saturated rings. The van der Waals surface area contributed by atoms with Crippen LogP contribution >= 0.6 is 15.9 Å². The third-order valence-electron chi connectivity index (χ3n) is 3.40. The maximum atomic E-state index is 9.48. The van der Waals surface area contributed by atoms with Gasteiger partial charge in [0.05, 0.1) is 6.54 Å². The van der Waals surface area contributed by atoms with E-state index in [0.717, 1.165) is 26.7 Å². The Morgan fingerprint density at radius 1 is 1.14 bits per heavy atom. The minimum Gasteiger partial charge on any atom is -0.508 e. The van der Waals surface area contributed by atoms with E-state index in [0.29, 0.717) is 13.1 Å². The van der Waals surface area contributed by atoms with Gasteiger partial charge in [-0.1, -0.05) is 22.0 Å². The minimum absolute atomic E-state index is 0.0565. The van der Waals surface area contributed by atoms with E-state index in [9.17, 15) is 10.2 Å². The molecular formula is C17H15BrN2O2. The molecule has 3 N–H and O–H groups in total. The molecule has 1 heterocycles. The zero-order valence-electron chi connectivity index (χ0n) is 11.8. The molecular weight excluding hydrogens is 344 g/mol. The standard InChI is InChI=1S/C17H15BrN2O2/c18-14-2-1-12-8-20-10-13(17(12)5-14)9-19-7-11-3-15(21)6-16(22)4-11/h1-6,8-9,19,21-22H,7,10H2/b13-9+. The van der Waals surface area contributed by atoms with Gasteiger partial charge >= 0.3 is 0 Å². The number of aliphatic imine (C=N–C) groups is 1. The van der Waals surface area contributed by atoms with Crippen LogP contribution in [0.3, 0.4) is 0 Å². The molecule has 5 heteroatoms. The molecule has 0 aliphatic carbocycles. The molecule has 2 aromatic carbocycles. The molecule has 112 valence electrons. The Morgan fingerprint density at radius 3 is 2.68 bits per heavy atom. The molecule has 0 saturated carbocycles. The molecule has 0 spiro atoms. The second-order valence-corrected chi connectivity index (χ2v) is 6.03. The van der Waals surface area contributed by atoms with Crippen molar-refractivity contribution in [1.82, 2.24) is 5.32 Å². The fraction of sp³-hybridized carbons (Fsp3) is 0.118. The number of hydrogen-bond acceptors (Lipinski definition) is 4. The summed E-state index contributed by atoms with van der Waals surface area (Å²) in [4.78, 5) is 4.35. The van der Waals surface area contributed by atoms with Gasteiger partial charge in [-0.3, -0.25) is 4.99 Å². The quantitative estimate of drug-likeness (QED) is 0.787. The third kappa shape index (κ3) is 3.31. The fourth-order valence-electron chi connectivity index (χ4n) is 2.42. The maximum Gasteiger partial charge on any atom is 0.119 e. The number of fused-ring (bicyclic) bond motifs is 1. The van der Waals surface area contributed by atoms with E-state index in [4.69, 9.17) is 0 Å². The van der Waals surface area contributed by atoms with Gasteiger partial charge in [0, 0.05) is 29.5 Å². The first kappa shape index (κ1) is 14.7. The van der Waals surface area contributed by atoms with Crippen molar-refractivity contribution >= 4 is 27.7 Å². The van der Waals surface area contributed by atoms with Gasteiger partial charge in [-0.05, 0) is 46.5 Å². The van der Waals surface area contributed by atoms with E-state index >= 15 is 0 Å². The molecule has 4 nitrogen and oxygen atoms in total. The van der Waals surface area contributed by atoms with E-state index < -0.39 is 0 Å². The predicted octanol–water partition coefficient (Wildman–Crippen LogP) is 3.42. The van der Waals surface area contributed by atoms with Crippen molar-refractivity contribution in [3.8, 4) is 11.5 Å². The summed E-state index contributed by atoms with van der Waals surface area (Å²) in [6.07, 6.45) is 3.81. The zero-order chi connectivity index (χ0) is 15.5. The lowest BCUT2D eigenvalue weighted by molar-refractivity contribution is 0.449. The van der Waals surface area contributed by atoms with E-state index in [1.54, 1.807) is 12.1 Å². The topological polar surface area (TPSA) is 64.8 Å². The van der Waals surface area contributed by atoms with Crippen LogP contribution in [0.15, 0.2) is 52.1 Å². The number of rotatable bonds is 3. The van der Waals surface area contributed by atoms with Gasteiger partial charge in [-0.25, -0.2) is 0 Å². The minimum atomic E-state index is 0.0565. The highest BCUT2D eigenvalue weighted by Gasteiger charge is 2.11. The van der Waals surface area contributed by atoms with Gasteiger partial charge in [-0.15, -0.1) is 0 Å². The van der Waals surface area contributed by atoms with Gasteiger partial charge in [0.15, 0.2) is 0 Å². The van der Waals surface area contributed by atoms with E-state index in [1.165, 1.54) is 6.07 Å². The highest BCUT2D eigenvalue weighted by atomic mass is 79.9. The van der Waals surface area contributed by atoms with E-state index in [2.05, 4.69) is 32.3 Å². The molecule has 22 heavy (non-hydrogen) atoms. The number of phenols is 2. The average molecular weight is 359 g/mol. The summed E-state index contributed by atoms with van der Waals surface area (Å²) in [5, 5.41) is 22.2. The molecule has 0 bridgehead atoms. The fourth-order valence-corrected chi connectivity index (χ4v) is 2.78. The normalized spacial score (nSPS) is 14.9. The van der Waals surface area contributed by atoms with Crippen LogP contribution in [0.25, 0.3) is 5.57 Å². The van der Waals surface area contributed by atoms with Crippen LogP contribution in [0.2, 0.25) is 0 Å². The largest absolute Gasteiger partial charge is 0.508 e. The van der Waals surface area contributed by atoms with Crippen molar-refractivity contribution in [1.29, 1.82) is 0 Å². The summed E-state index contributed by atoms with van der Waals surface area (Å²) in [5.41, 5.74) is 4.15. The second-order valence-electron chi connectivity index (χ2n) is 5.11. The average Bonchev–Trinajstić information content (AvgIpc) is 2.46. The van der Waals surface area contributed by atoms with Gasteiger partial charge in [0.2, 0.25) is 0 Å². The molecule has 0 atom stereocenters. The first-order valence-corrected chi connectivity index (χ1v) is 7.65. The number of nitrogens with one attached hydrogen (secondary N) is 1. The lowest BCUT2D eigenvalue weighted by Crippen LogP contribution is -2.09.